The monoisotopic (exact) mass is 285 g/mol. The zero-order chi connectivity index (χ0) is 15.2. The summed E-state index contributed by atoms with van der Waals surface area (Å²) in [5, 5.41) is 11.6. The Balaban J connectivity index is 3.56. The first-order valence-corrected chi connectivity index (χ1v) is 9.03. The molecule has 0 heterocycles. The van der Waals surface area contributed by atoms with E-state index in [9.17, 15) is 5.21 Å². The second kappa shape index (κ2) is 13.9. The molecule has 122 valence electrons. The average molecular weight is 286 g/mol. The number of hydrogen-bond acceptors (Lipinski definition) is 2. The van der Waals surface area contributed by atoms with Crippen molar-refractivity contribution < 1.29 is 5.21 Å². The summed E-state index contributed by atoms with van der Waals surface area (Å²) in [5.74, 6) is 1.23. The minimum atomic E-state index is 0.615. The Morgan fingerprint density at radius 1 is 0.700 bits per heavy atom. The molecule has 0 rings (SSSR count). The van der Waals surface area contributed by atoms with Gasteiger partial charge in [-0.25, -0.2) is 0 Å². The van der Waals surface area contributed by atoms with E-state index in [-0.39, 0.29) is 0 Å². The molecule has 2 atom stereocenters. The lowest BCUT2D eigenvalue weighted by Crippen LogP contribution is -2.29. The first-order chi connectivity index (χ1) is 9.60. The Bertz CT molecular complexity index is 176. The molecule has 0 amide bonds. The summed E-state index contributed by atoms with van der Waals surface area (Å²) in [6.07, 6.45) is 13.1. The molecule has 20 heavy (non-hydrogen) atoms. The Kier molecular flexibility index (Phi) is 13.8. The molecule has 0 radical (unpaired) electrons. The average Bonchev–Trinajstić information content (AvgIpc) is 2.39. The highest BCUT2D eigenvalue weighted by Gasteiger charge is 2.11. The molecule has 0 aromatic heterocycles. The second-order valence-corrected chi connectivity index (χ2v) is 6.78. The van der Waals surface area contributed by atoms with Crippen molar-refractivity contribution in [1.82, 2.24) is 5.06 Å². The molecular formula is C18H39NO. The minimum Gasteiger partial charge on any atom is -0.314 e. The lowest BCUT2D eigenvalue weighted by Gasteiger charge is -2.22. The Morgan fingerprint density at radius 2 is 1.10 bits per heavy atom. The highest BCUT2D eigenvalue weighted by atomic mass is 16.5. The fourth-order valence-corrected chi connectivity index (χ4v) is 2.82. The maximum absolute atomic E-state index is 10.0. The fraction of sp³-hybridized carbons (Fsp3) is 1.00. The lowest BCUT2D eigenvalue weighted by molar-refractivity contribution is -0.110. The van der Waals surface area contributed by atoms with Crippen molar-refractivity contribution in [2.45, 2.75) is 91.9 Å². The number of hydrogen-bond donors (Lipinski definition) is 1. The van der Waals surface area contributed by atoms with E-state index < -0.39 is 0 Å². The molecule has 0 aromatic rings. The molecule has 0 aliphatic carbocycles. The molecule has 1 N–H and O–H groups in total. The van der Waals surface area contributed by atoms with Crippen LogP contribution < -0.4 is 0 Å². The molecular weight excluding hydrogens is 246 g/mol. The standard InChI is InChI=1S/C18H39NO/c1-5-7-9-11-13-17(3)15-19(20)16-18(4)14-12-10-8-6-2/h17-18,20H,5-16H2,1-4H3. The van der Waals surface area contributed by atoms with Crippen LogP contribution in [0, 0.1) is 11.8 Å². The van der Waals surface area contributed by atoms with E-state index >= 15 is 0 Å². The van der Waals surface area contributed by atoms with Crippen LogP contribution >= 0.6 is 0 Å². The van der Waals surface area contributed by atoms with E-state index in [4.69, 9.17) is 0 Å². The van der Waals surface area contributed by atoms with E-state index in [1.807, 2.05) is 0 Å². The van der Waals surface area contributed by atoms with Gasteiger partial charge in [0.2, 0.25) is 0 Å². The molecule has 0 aliphatic heterocycles. The van der Waals surface area contributed by atoms with E-state index in [0.29, 0.717) is 11.8 Å². The number of unbranched alkanes of at least 4 members (excludes halogenated alkanes) is 6. The van der Waals surface area contributed by atoms with Gasteiger partial charge in [-0.05, 0) is 24.7 Å². The summed E-state index contributed by atoms with van der Waals surface area (Å²) >= 11 is 0. The quantitative estimate of drug-likeness (QED) is 0.318. The molecule has 0 saturated heterocycles. The molecule has 0 spiro atoms. The zero-order valence-electron chi connectivity index (χ0n) is 14.5. The normalized spacial score (nSPS) is 14.7. The summed E-state index contributed by atoms with van der Waals surface area (Å²) in [7, 11) is 0. The zero-order valence-corrected chi connectivity index (χ0v) is 14.5. The topological polar surface area (TPSA) is 23.5 Å². The van der Waals surface area contributed by atoms with Crippen LogP contribution in [-0.4, -0.2) is 23.4 Å². The van der Waals surface area contributed by atoms with Gasteiger partial charge in [-0.1, -0.05) is 79.1 Å². The fourth-order valence-electron chi connectivity index (χ4n) is 2.82. The molecule has 0 aromatic carbocycles. The van der Waals surface area contributed by atoms with Gasteiger partial charge in [-0.15, -0.1) is 0 Å². The van der Waals surface area contributed by atoms with E-state index in [1.165, 1.54) is 64.2 Å². The summed E-state index contributed by atoms with van der Waals surface area (Å²) in [4.78, 5) is 0. The van der Waals surface area contributed by atoms with Crippen LogP contribution in [0.3, 0.4) is 0 Å². The van der Waals surface area contributed by atoms with Crippen LogP contribution in [0.2, 0.25) is 0 Å². The van der Waals surface area contributed by atoms with Gasteiger partial charge in [0.15, 0.2) is 0 Å². The lowest BCUT2D eigenvalue weighted by atomic mass is 10.0. The third-order valence-electron chi connectivity index (χ3n) is 4.15. The molecule has 2 unspecified atom stereocenters. The van der Waals surface area contributed by atoms with E-state index in [0.717, 1.165) is 13.1 Å². The molecule has 0 saturated carbocycles. The summed E-state index contributed by atoms with van der Waals surface area (Å²) < 4.78 is 0. The van der Waals surface area contributed by atoms with Gasteiger partial charge in [0, 0.05) is 13.1 Å². The van der Waals surface area contributed by atoms with Gasteiger partial charge in [0.25, 0.3) is 0 Å². The third-order valence-corrected chi connectivity index (χ3v) is 4.15. The number of nitrogens with zero attached hydrogens (tertiary/aromatic N) is 1. The van der Waals surface area contributed by atoms with Gasteiger partial charge >= 0.3 is 0 Å². The van der Waals surface area contributed by atoms with Crippen LogP contribution in [0.4, 0.5) is 0 Å². The Hall–Kier alpha value is -0.0800. The summed E-state index contributed by atoms with van der Waals surface area (Å²) in [6.45, 7) is 10.7. The largest absolute Gasteiger partial charge is 0.314 e. The van der Waals surface area contributed by atoms with Crippen LogP contribution in [0.25, 0.3) is 0 Å². The van der Waals surface area contributed by atoms with Gasteiger partial charge in [-0.3, -0.25) is 0 Å². The van der Waals surface area contributed by atoms with Crippen molar-refractivity contribution in [2.24, 2.45) is 11.8 Å². The Labute approximate surface area is 127 Å². The van der Waals surface area contributed by atoms with Crippen molar-refractivity contribution in [3.05, 3.63) is 0 Å². The first kappa shape index (κ1) is 19.9. The first-order valence-electron chi connectivity index (χ1n) is 9.03. The third kappa shape index (κ3) is 12.9. The SMILES string of the molecule is CCCCCCC(C)CN(O)CC(C)CCCCCC. The van der Waals surface area contributed by atoms with Gasteiger partial charge in [0.05, 0.1) is 0 Å². The highest BCUT2D eigenvalue weighted by Crippen LogP contribution is 2.14. The van der Waals surface area contributed by atoms with Gasteiger partial charge in [-0.2, -0.15) is 5.06 Å². The minimum absolute atomic E-state index is 0.615. The maximum Gasteiger partial charge on any atom is 0.0263 e. The van der Waals surface area contributed by atoms with Gasteiger partial charge < -0.3 is 5.21 Å². The van der Waals surface area contributed by atoms with Crippen LogP contribution in [0.1, 0.15) is 91.9 Å². The summed E-state index contributed by atoms with van der Waals surface area (Å²) in [6, 6.07) is 0. The second-order valence-electron chi connectivity index (χ2n) is 6.78. The van der Waals surface area contributed by atoms with Crippen molar-refractivity contribution in [3.63, 3.8) is 0 Å². The van der Waals surface area contributed by atoms with Crippen molar-refractivity contribution >= 4 is 0 Å². The maximum atomic E-state index is 10.0. The van der Waals surface area contributed by atoms with Crippen molar-refractivity contribution in [2.75, 3.05) is 13.1 Å². The molecule has 2 heteroatoms. The molecule has 2 nitrogen and oxygen atoms in total. The van der Waals surface area contributed by atoms with E-state index in [2.05, 4.69) is 27.7 Å². The van der Waals surface area contributed by atoms with Crippen molar-refractivity contribution in [3.8, 4) is 0 Å². The van der Waals surface area contributed by atoms with Crippen LogP contribution in [-0.2, 0) is 0 Å². The predicted molar refractivity (Wildman–Crippen MR) is 89.2 cm³/mol. The van der Waals surface area contributed by atoms with Crippen LogP contribution in [0.5, 0.6) is 0 Å². The highest BCUT2D eigenvalue weighted by molar-refractivity contribution is 4.61. The predicted octanol–water partition coefficient (Wildman–Crippen LogP) is 5.89. The van der Waals surface area contributed by atoms with Crippen LogP contribution in [0.15, 0.2) is 0 Å². The molecule has 0 fully saturated rings. The number of hydroxylamine groups is 2. The smallest absolute Gasteiger partial charge is 0.0263 e. The van der Waals surface area contributed by atoms with E-state index in [1.54, 1.807) is 5.06 Å². The molecule has 0 aliphatic rings. The van der Waals surface area contributed by atoms with Gasteiger partial charge in [0.1, 0.15) is 0 Å². The molecule has 0 bridgehead atoms. The Morgan fingerprint density at radius 3 is 1.45 bits per heavy atom. The number of rotatable bonds is 14. The van der Waals surface area contributed by atoms with Crippen molar-refractivity contribution in [1.29, 1.82) is 0 Å². The summed E-state index contributed by atoms with van der Waals surface area (Å²) in [5.41, 5.74) is 0.